The van der Waals surface area contributed by atoms with E-state index in [4.69, 9.17) is 4.74 Å². The first kappa shape index (κ1) is 19.9. The van der Waals surface area contributed by atoms with Crippen LogP contribution in [0.15, 0.2) is 36.4 Å². The number of fused-ring (bicyclic) bond motifs is 1. The molecule has 0 saturated heterocycles. The van der Waals surface area contributed by atoms with E-state index in [1.165, 1.54) is 16.4 Å². The van der Waals surface area contributed by atoms with Gasteiger partial charge in [0.2, 0.25) is 10.0 Å². The summed E-state index contributed by atoms with van der Waals surface area (Å²) in [6, 6.07) is 6.53. The molecule has 0 saturated carbocycles. The van der Waals surface area contributed by atoms with E-state index in [-0.39, 0.29) is 17.2 Å². The first-order chi connectivity index (χ1) is 13.1. The van der Waals surface area contributed by atoms with E-state index < -0.39 is 40.0 Å². The number of hydrogen-bond acceptors (Lipinski definition) is 5. The van der Waals surface area contributed by atoms with E-state index in [9.17, 15) is 26.8 Å². The minimum Gasteiger partial charge on any atom is -0.454 e. The molecule has 1 atom stereocenters. The summed E-state index contributed by atoms with van der Waals surface area (Å²) in [6.45, 7) is 1.16. The van der Waals surface area contributed by atoms with Crippen LogP contribution in [0.4, 0.5) is 14.5 Å². The number of carbonyl (C=O) groups excluding carboxylic acids is 2. The molecule has 0 radical (unpaired) electrons. The van der Waals surface area contributed by atoms with E-state index in [1.54, 1.807) is 13.0 Å². The highest BCUT2D eigenvalue weighted by atomic mass is 32.2. The predicted octanol–water partition coefficient (Wildman–Crippen LogP) is 2.72. The molecule has 148 valence electrons. The van der Waals surface area contributed by atoms with Gasteiger partial charge < -0.3 is 4.74 Å². The van der Waals surface area contributed by atoms with Crippen LogP contribution < -0.4 is 4.31 Å². The van der Waals surface area contributed by atoms with Gasteiger partial charge in [0.1, 0.15) is 11.6 Å². The summed E-state index contributed by atoms with van der Waals surface area (Å²) in [6.07, 6.45) is 1.57. The van der Waals surface area contributed by atoms with Gasteiger partial charge in [-0.25, -0.2) is 22.0 Å². The van der Waals surface area contributed by atoms with E-state index in [2.05, 4.69) is 0 Å². The standard InChI is InChI=1S/C19H17F2NO5S/c1-11-5-13-6-12(3-4-17(13)22(11)28(2,25)26)18(23)10-27-19(24)14-7-15(20)9-16(21)8-14/h3-4,6-9,11H,5,10H2,1-2H3/t11-/m1/s1. The van der Waals surface area contributed by atoms with Crippen molar-refractivity contribution in [2.75, 3.05) is 17.2 Å². The largest absolute Gasteiger partial charge is 0.454 e. The van der Waals surface area contributed by atoms with E-state index in [0.29, 0.717) is 23.7 Å². The third-order valence-corrected chi connectivity index (χ3v) is 5.62. The van der Waals surface area contributed by atoms with Gasteiger partial charge in [-0.1, -0.05) is 0 Å². The number of anilines is 1. The van der Waals surface area contributed by atoms with Crippen LogP contribution in [-0.4, -0.2) is 39.1 Å². The Kier molecular flexibility index (Phi) is 5.20. The molecular formula is C19H17F2NO5S. The summed E-state index contributed by atoms with van der Waals surface area (Å²) in [7, 11) is -3.44. The summed E-state index contributed by atoms with van der Waals surface area (Å²) < 4.78 is 56.3. The minimum atomic E-state index is -3.44. The second kappa shape index (κ2) is 7.31. The normalized spacial score (nSPS) is 16.0. The molecule has 2 aromatic rings. The zero-order chi connectivity index (χ0) is 20.6. The lowest BCUT2D eigenvalue weighted by atomic mass is 10.0. The van der Waals surface area contributed by atoms with Crippen LogP contribution >= 0.6 is 0 Å². The van der Waals surface area contributed by atoms with Crippen molar-refractivity contribution in [1.82, 2.24) is 0 Å². The molecule has 6 nitrogen and oxygen atoms in total. The summed E-state index contributed by atoms with van der Waals surface area (Å²) in [4.78, 5) is 24.2. The topological polar surface area (TPSA) is 80.8 Å². The van der Waals surface area contributed by atoms with Crippen LogP contribution in [0.2, 0.25) is 0 Å². The molecule has 1 aliphatic heterocycles. The fraction of sp³-hybridized carbons (Fsp3) is 0.263. The third kappa shape index (κ3) is 4.04. The van der Waals surface area contributed by atoms with Crippen molar-refractivity contribution in [3.05, 3.63) is 64.7 Å². The number of esters is 1. The number of rotatable bonds is 5. The molecule has 3 rings (SSSR count). The zero-order valence-corrected chi connectivity index (χ0v) is 15.9. The first-order valence-electron chi connectivity index (χ1n) is 8.35. The monoisotopic (exact) mass is 409 g/mol. The van der Waals surface area contributed by atoms with Gasteiger partial charge in [-0.05, 0) is 49.2 Å². The lowest BCUT2D eigenvalue weighted by molar-refractivity contribution is 0.0474. The van der Waals surface area contributed by atoms with Gasteiger partial charge in [0, 0.05) is 17.7 Å². The van der Waals surface area contributed by atoms with Crippen molar-refractivity contribution < 1.29 is 31.5 Å². The van der Waals surface area contributed by atoms with Gasteiger partial charge in [-0.15, -0.1) is 0 Å². The molecule has 0 spiro atoms. The summed E-state index contributed by atoms with van der Waals surface area (Å²) in [5.74, 6) is -3.40. The Morgan fingerprint density at radius 2 is 1.75 bits per heavy atom. The molecule has 0 bridgehead atoms. The zero-order valence-electron chi connectivity index (χ0n) is 15.1. The smallest absolute Gasteiger partial charge is 0.338 e. The molecule has 0 amide bonds. The Hall–Kier alpha value is -2.81. The van der Waals surface area contributed by atoms with Crippen LogP contribution in [0.25, 0.3) is 0 Å². The van der Waals surface area contributed by atoms with Gasteiger partial charge in [-0.3, -0.25) is 9.10 Å². The van der Waals surface area contributed by atoms with E-state index >= 15 is 0 Å². The molecule has 28 heavy (non-hydrogen) atoms. The van der Waals surface area contributed by atoms with Crippen molar-refractivity contribution in [2.45, 2.75) is 19.4 Å². The Labute approximate surface area is 160 Å². The van der Waals surface area contributed by atoms with Gasteiger partial charge in [0.15, 0.2) is 12.4 Å². The number of Topliss-reactive ketones (excluding diaryl/α,β-unsaturated/α-hetero) is 1. The average molecular weight is 409 g/mol. The van der Waals surface area contributed by atoms with E-state index in [0.717, 1.165) is 18.4 Å². The number of carbonyl (C=O) groups is 2. The molecule has 0 unspecified atom stereocenters. The van der Waals surface area contributed by atoms with Crippen molar-refractivity contribution in [1.29, 1.82) is 0 Å². The summed E-state index contributed by atoms with van der Waals surface area (Å²) in [5.41, 5.74) is 1.12. The highest BCUT2D eigenvalue weighted by Gasteiger charge is 2.32. The molecule has 0 aliphatic carbocycles. The number of nitrogens with zero attached hydrogens (tertiary/aromatic N) is 1. The molecule has 9 heteroatoms. The number of benzene rings is 2. The maximum Gasteiger partial charge on any atom is 0.338 e. The van der Waals surface area contributed by atoms with Gasteiger partial charge in [0.25, 0.3) is 0 Å². The fourth-order valence-corrected chi connectivity index (χ4v) is 4.51. The Morgan fingerprint density at radius 3 is 2.36 bits per heavy atom. The fourth-order valence-electron chi connectivity index (χ4n) is 3.25. The molecule has 0 N–H and O–H groups in total. The lowest BCUT2D eigenvalue weighted by Gasteiger charge is -2.21. The number of ketones is 1. The summed E-state index contributed by atoms with van der Waals surface area (Å²) in [5, 5.41) is 0. The quantitative estimate of drug-likeness (QED) is 0.560. The van der Waals surface area contributed by atoms with Crippen molar-refractivity contribution in [3.8, 4) is 0 Å². The molecule has 1 aliphatic rings. The van der Waals surface area contributed by atoms with Gasteiger partial charge in [-0.2, -0.15) is 0 Å². The van der Waals surface area contributed by atoms with Crippen molar-refractivity contribution in [2.24, 2.45) is 0 Å². The molecule has 0 fully saturated rings. The average Bonchev–Trinajstić information content (AvgIpc) is 2.93. The van der Waals surface area contributed by atoms with Crippen molar-refractivity contribution in [3.63, 3.8) is 0 Å². The highest BCUT2D eigenvalue weighted by Crippen LogP contribution is 2.34. The SMILES string of the molecule is C[C@@H]1Cc2cc(C(=O)COC(=O)c3cc(F)cc(F)c3)ccc2N1S(C)(=O)=O. The van der Waals surface area contributed by atoms with Gasteiger partial charge >= 0.3 is 5.97 Å². The van der Waals surface area contributed by atoms with Crippen LogP contribution in [0.5, 0.6) is 0 Å². The predicted molar refractivity (Wildman–Crippen MR) is 97.9 cm³/mol. The second-order valence-corrected chi connectivity index (χ2v) is 8.47. The second-order valence-electron chi connectivity index (χ2n) is 6.61. The van der Waals surface area contributed by atoms with Gasteiger partial charge in [0.05, 0.1) is 17.5 Å². The Balaban J connectivity index is 1.72. The molecule has 0 aromatic heterocycles. The molecule has 2 aromatic carbocycles. The number of halogens is 2. The maximum absolute atomic E-state index is 13.2. The minimum absolute atomic E-state index is 0.250. The van der Waals surface area contributed by atoms with Crippen LogP contribution in [0, 0.1) is 11.6 Å². The maximum atomic E-state index is 13.2. The number of sulfonamides is 1. The van der Waals surface area contributed by atoms with Crippen LogP contribution in [0.3, 0.4) is 0 Å². The molecule has 1 heterocycles. The summed E-state index contributed by atoms with van der Waals surface area (Å²) >= 11 is 0. The number of ether oxygens (including phenoxy) is 1. The first-order valence-corrected chi connectivity index (χ1v) is 10.2. The van der Waals surface area contributed by atoms with Crippen molar-refractivity contribution >= 4 is 27.5 Å². The third-order valence-electron chi connectivity index (χ3n) is 4.34. The molecular weight excluding hydrogens is 392 g/mol. The van der Waals surface area contributed by atoms with Crippen LogP contribution in [0.1, 0.15) is 33.2 Å². The van der Waals surface area contributed by atoms with Crippen LogP contribution in [-0.2, 0) is 21.2 Å². The highest BCUT2D eigenvalue weighted by molar-refractivity contribution is 7.92. The number of hydrogen-bond donors (Lipinski definition) is 0. The Bertz CT molecular complexity index is 1050. The lowest BCUT2D eigenvalue weighted by Crippen LogP contribution is -2.34. The Morgan fingerprint density at radius 1 is 1.11 bits per heavy atom. The van der Waals surface area contributed by atoms with E-state index in [1.807, 2.05) is 0 Å².